The van der Waals surface area contributed by atoms with Crippen molar-refractivity contribution in [2.45, 2.75) is 25.0 Å². The van der Waals surface area contributed by atoms with E-state index in [1.165, 1.54) is 23.8 Å². The molecule has 0 amide bonds. The Labute approximate surface area is 154 Å². The average molecular weight is 349 g/mol. The van der Waals surface area contributed by atoms with Gasteiger partial charge in [-0.15, -0.1) is 0 Å². The number of methoxy groups -OCH3 is 1. The molecule has 2 aliphatic heterocycles. The van der Waals surface area contributed by atoms with Gasteiger partial charge in [-0.3, -0.25) is 4.90 Å². The van der Waals surface area contributed by atoms with Crippen molar-refractivity contribution in [2.75, 3.05) is 20.3 Å². The topological polar surface area (TPSA) is 38.8 Å². The molecule has 2 atom stereocenters. The molecular weight excluding hydrogens is 326 g/mol. The lowest BCUT2D eigenvalue weighted by atomic mass is 9.89. The number of morpholine rings is 1. The fourth-order valence-electron chi connectivity index (χ4n) is 3.85. The third-order valence-electron chi connectivity index (χ3n) is 5.23. The quantitative estimate of drug-likeness (QED) is 0.792. The predicted octanol–water partition coefficient (Wildman–Crippen LogP) is 3.53. The molecule has 4 nitrogen and oxygen atoms in total. The number of carbonyl (C=O) groups is 1. The molecule has 0 spiro atoms. The van der Waals surface area contributed by atoms with Gasteiger partial charge in [0, 0.05) is 12.6 Å². The van der Waals surface area contributed by atoms with E-state index in [1.807, 2.05) is 24.3 Å². The fraction of sp³-hybridized carbons (Fsp3) is 0.318. The van der Waals surface area contributed by atoms with Crippen molar-refractivity contribution in [3.8, 4) is 0 Å². The Hall–Kier alpha value is -2.43. The van der Waals surface area contributed by atoms with Crippen molar-refractivity contribution in [3.05, 3.63) is 77.4 Å². The van der Waals surface area contributed by atoms with Crippen molar-refractivity contribution < 1.29 is 14.3 Å². The summed E-state index contributed by atoms with van der Waals surface area (Å²) in [6.07, 6.45) is 3.28. The van der Waals surface area contributed by atoms with Crippen LogP contribution in [0.3, 0.4) is 0 Å². The molecule has 0 aliphatic carbocycles. The summed E-state index contributed by atoms with van der Waals surface area (Å²) in [5.74, 6) is -0.298. The lowest BCUT2D eigenvalue weighted by Crippen LogP contribution is -2.53. The number of esters is 1. The molecule has 2 aromatic carbocycles. The number of fused-ring (bicyclic) bond motifs is 2. The number of ether oxygens (including phenoxy) is 2. The normalized spacial score (nSPS) is 22.6. The van der Waals surface area contributed by atoms with Gasteiger partial charge in [0.2, 0.25) is 0 Å². The zero-order valence-corrected chi connectivity index (χ0v) is 14.9. The molecule has 2 bridgehead atoms. The molecule has 134 valence electrons. The molecule has 0 N–H and O–H groups in total. The molecule has 2 aromatic rings. The molecule has 4 rings (SSSR count). The van der Waals surface area contributed by atoms with Gasteiger partial charge in [0.25, 0.3) is 0 Å². The summed E-state index contributed by atoms with van der Waals surface area (Å²) in [7, 11) is 1.41. The third-order valence-corrected chi connectivity index (χ3v) is 5.23. The van der Waals surface area contributed by atoms with Crippen LogP contribution in [-0.4, -0.2) is 43.3 Å². The predicted molar refractivity (Wildman–Crippen MR) is 101 cm³/mol. The van der Waals surface area contributed by atoms with Crippen LogP contribution in [0, 0.1) is 0 Å². The molecule has 0 saturated carbocycles. The summed E-state index contributed by atoms with van der Waals surface area (Å²) in [5, 5.41) is 0. The Balaban J connectivity index is 1.55. The van der Waals surface area contributed by atoms with Crippen LogP contribution in [-0.2, 0) is 16.0 Å². The maximum Gasteiger partial charge on any atom is 0.337 e. The molecular formula is C22H23NO3. The van der Waals surface area contributed by atoms with Crippen LogP contribution in [0.25, 0.3) is 5.57 Å². The second-order valence-corrected chi connectivity index (χ2v) is 6.88. The van der Waals surface area contributed by atoms with Gasteiger partial charge in [-0.25, -0.2) is 4.79 Å². The van der Waals surface area contributed by atoms with Crippen LogP contribution in [0.15, 0.2) is 60.7 Å². The molecule has 0 aromatic heterocycles. The maximum absolute atomic E-state index is 11.6. The molecule has 0 radical (unpaired) electrons. The third kappa shape index (κ3) is 3.43. The Morgan fingerprint density at radius 2 is 1.88 bits per heavy atom. The number of hydrogen-bond acceptors (Lipinski definition) is 4. The number of rotatable bonds is 4. The average Bonchev–Trinajstić information content (AvgIpc) is 2.68. The van der Waals surface area contributed by atoms with E-state index in [1.54, 1.807) is 0 Å². The van der Waals surface area contributed by atoms with Crippen LogP contribution in [0.4, 0.5) is 0 Å². The van der Waals surface area contributed by atoms with E-state index in [4.69, 9.17) is 9.47 Å². The van der Waals surface area contributed by atoms with Gasteiger partial charge in [-0.1, -0.05) is 48.5 Å². The van der Waals surface area contributed by atoms with Gasteiger partial charge in [-0.05, 0) is 35.3 Å². The van der Waals surface area contributed by atoms with Gasteiger partial charge in [0.15, 0.2) is 0 Å². The van der Waals surface area contributed by atoms with Crippen LogP contribution < -0.4 is 0 Å². The molecule has 2 heterocycles. The molecule has 1 saturated heterocycles. The molecule has 2 aliphatic rings. The van der Waals surface area contributed by atoms with E-state index in [2.05, 4.69) is 41.3 Å². The molecule has 1 fully saturated rings. The Morgan fingerprint density at radius 1 is 1.12 bits per heavy atom. The molecule has 2 unspecified atom stereocenters. The zero-order valence-electron chi connectivity index (χ0n) is 14.9. The summed E-state index contributed by atoms with van der Waals surface area (Å²) >= 11 is 0. The van der Waals surface area contributed by atoms with Crippen molar-refractivity contribution in [2.24, 2.45) is 0 Å². The Kier molecular flexibility index (Phi) is 4.87. The van der Waals surface area contributed by atoms with E-state index < -0.39 is 0 Å². The second-order valence-electron chi connectivity index (χ2n) is 6.88. The van der Waals surface area contributed by atoms with Crippen molar-refractivity contribution in [1.29, 1.82) is 0 Å². The van der Waals surface area contributed by atoms with Gasteiger partial charge in [-0.2, -0.15) is 0 Å². The number of benzene rings is 2. The van der Waals surface area contributed by atoms with Gasteiger partial charge in [0.05, 0.1) is 31.9 Å². The van der Waals surface area contributed by atoms with Gasteiger partial charge in [0.1, 0.15) is 0 Å². The van der Waals surface area contributed by atoms with E-state index in [0.29, 0.717) is 11.6 Å². The summed E-state index contributed by atoms with van der Waals surface area (Å²) in [6.45, 7) is 2.44. The highest BCUT2D eigenvalue weighted by molar-refractivity contribution is 5.89. The maximum atomic E-state index is 11.6. The van der Waals surface area contributed by atoms with Crippen molar-refractivity contribution >= 4 is 11.5 Å². The highest BCUT2D eigenvalue weighted by atomic mass is 16.5. The first-order chi connectivity index (χ1) is 12.7. The SMILES string of the molecule is COC(=O)c1ccc(C2=CC3COCC(C2)N3Cc2ccccc2)cc1. The standard InChI is InChI=1S/C22H23NO3/c1-25-22(24)18-9-7-17(8-10-18)19-11-20-14-26-15-21(12-19)23(20)13-16-5-3-2-4-6-16/h2-11,20-21H,12-15H2,1H3. The van der Waals surface area contributed by atoms with Crippen LogP contribution >= 0.6 is 0 Å². The van der Waals surface area contributed by atoms with Crippen molar-refractivity contribution in [3.63, 3.8) is 0 Å². The molecule has 26 heavy (non-hydrogen) atoms. The minimum Gasteiger partial charge on any atom is -0.465 e. The first kappa shape index (κ1) is 17.0. The first-order valence-corrected chi connectivity index (χ1v) is 9.01. The fourth-order valence-corrected chi connectivity index (χ4v) is 3.85. The Morgan fingerprint density at radius 3 is 2.58 bits per heavy atom. The zero-order chi connectivity index (χ0) is 17.9. The second kappa shape index (κ2) is 7.44. The first-order valence-electron chi connectivity index (χ1n) is 9.01. The van der Waals surface area contributed by atoms with E-state index in [-0.39, 0.29) is 12.0 Å². The lowest BCUT2D eigenvalue weighted by Gasteiger charge is -2.44. The van der Waals surface area contributed by atoms with E-state index in [0.717, 1.165) is 26.2 Å². The lowest BCUT2D eigenvalue weighted by molar-refractivity contribution is -0.0402. The Bertz CT molecular complexity index is 798. The highest BCUT2D eigenvalue weighted by Crippen LogP contribution is 2.33. The minimum atomic E-state index is -0.298. The largest absolute Gasteiger partial charge is 0.465 e. The molecule has 4 heteroatoms. The summed E-state index contributed by atoms with van der Waals surface area (Å²) in [4.78, 5) is 14.2. The summed E-state index contributed by atoms with van der Waals surface area (Å²) < 4.78 is 10.6. The minimum absolute atomic E-state index is 0.290. The monoisotopic (exact) mass is 349 g/mol. The van der Waals surface area contributed by atoms with Crippen LogP contribution in [0.2, 0.25) is 0 Å². The number of hydrogen-bond donors (Lipinski definition) is 0. The van der Waals surface area contributed by atoms with Crippen LogP contribution in [0.5, 0.6) is 0 Å². The van der Waals surface area contributed by atoms with Gasteiger partial charge >= 0.3 is 5.97 Å². The van der Waals surface area contributed by atoms with Gasteiger partial charge < -0.3 is 9.47 Å². The number of carbonyl (C=O) groups excluding carboxylic acids is 1. The highest BCUT2D eigenvalue weighted by Gasteiger charge is 2.34. The smallest absolute Gasteiger partial charge is 0.337 e. The van der Waals surface area contributed by atoms with E-state index >= 15 is 0 Å². The summed E-state index contributed by atoms with van der Waals surface area (Å²) in [6, 6.07) is 19.0. The van der Waals surface area contributed by atoms with Crippen LogP contribution in [0.1, 0.15) is 27.9 Å². The van der Waals surface area contributed by atoms with E-state index in [9.17, 15) is 4.79 Å². The van der Waals surface area contributed by atoms with Crippen molar-refractivity contribution in [1.82, 2.24) is 4.90 Å². The number of nitrogens with zero attached hydrogens (tertiary/aromatic N) is 1. The summed E-state index contributed by atoms with van der Waals surface area (Å²) in [5.41, 5.74) is 4.43.